The lowest BCUT2D eigenvalue weighted by atomic mass is 10.2. The molecule has 3 N–H and O–H groups in total. The van der Waals surface area contributed by atoms with E-state index < -0.39 is 0 Å². The molecule has 28 heavy (non-hydrogen) atoms. The SMILES string of the molecule is COc1ccc(CNC(=O)c2cc3c(NC(=O)c4nccs4)n[nH]c3s2)cc1. The first-order valence-electron chi connectivity index (χ1n) is 8.24. The van der Waals surface area contributed by atoms with Gasteiger partial charge in [-0.15, -0.1) is 22.7 Å². The highest BCUT2D eigenvalue weighted by Gasteiger charge is 2.17. The molecule has 0 saturated heterocycles. The van der Waals surface area contributed by atoms with Crippen molar-refractivity contribution >= 4 is 50.5 Å². The van der Waals surface area contributed by atoms with E-state index in [1.54, 1.807) is 24.8 Å². The number of anilines is 1. The van der Waals surface area contributed by atoms with Crippen LogP contribution in [0.2, 0.25) is 0 Å². The first-order chi connectivity index (χ1) is 13.6. The summed E-state index contributed by atoms with van der Waals surface area (Å²) in [4.78, 5) is 29.8. The molecule has 3 aromatic heterocycles. The molecule has 0 aliphatic rings. The number of hydrogen-bond acceptors (Lipinski definition) is 7. The topological polar surface area (TPSA) is 109 Å². The predicted molar refractivity (Wildman–Crippen MR) is 108 cm³/mol. The molecule has 10 heteroatoms. The molecule has 8 nitrogen and oxygen atoms in total. The summed E-state index contributed by atoms with van der Waals surface area (Å²) in [6.07, 6.45) is 1.57. The number of benzene rings is 1. The van der Waals surface area contributed by atoms with Crippen LogP contribution < -0.4 is 15.4 Å². The van der Waals surface area contributed by atoms with Gasteiger partial charge in [-0.3, -0.25) is 14.7 Å². The fourth-order valence-electron chi connectivity index (χ4n) is 2.53. The van der Waals surface area contributed by atoms with Gasteiger partial charge < -0.3 is 15.4 Å². The maximum Gasteiger partial charge on any atom is 0.285 e. The summed E-state index contributed by atoms with van der Waals surface area (Å²) in [6, 6.07) is 9.20. The first-order valence-corrected chi connectivity index (χ1v) is 9.93. The van der Waals surface area contributed by atoms with Gasteiger partial charge in [-0.25, -0.2) is 4.98 Å². The average molecular weight is 413 g/mol. The highest BCUT2D eigenvalue weighted by Crippen LogP contribution is 2.29. The van der Waals surface area contributed by atoms with Gasteiger partial charge in [-0.1, -0.05) is 12.1 Å². The van der Waals surface area contributed by atoms with E-state index in [0.717, 1.165) is 11.3 Å². The number of carbonyl (C=O) groups excluding carboxylic acids is 2. The molecule has 0 aliphatic carbocycles. The number of nitrogens with zero attached hydrogens (tertiary/aromatic N) is 2. The summed E-state index contributed by atoms with van der Waals surface area (Å²) in [6.45, 7) is 0.403. The molecular weight excluding hydrogens is 398 g/mol. The number of aromatic amines is 1. The summed E-state index contributed by atoms with van der Waals surface area (Å²) < 4.78 is 5.12. The van der Waals surface area contributed by atoms with Gasteiger partial charge in [0.25, 0.3) is 11.8 Å². The predicted octanol–water partition coefficient (Wildman–Crippen LogP) is 3.27. The molecule has 0 aliphatic heterocycles. The van der Waals surface area contributed by atoms with Gasteiger partial charge in [0, 0.05) is 18.1 Å². The molecule has 142 valence electrons. The Balaban J connectivity index is 1.44. The lowest BCUT2D eigenvalue weighted by Gasteiger charge is -2.05. The van der Waals surface area contributed by atoms with Gasteiger partial charge in [0.2, 0.25) is 0 Å². The Morgan fingerprint density at radius 1 is 1.21 bits per heavy atom. The molecule has 3 heterocycles. The minimum atomic E-state index is -0.333. The zero-order valence-electron chi connectivity index (χ0n) is 14.7. The van der Waals surface area contributed by atoms with Gasteiger partial charge in [0.1, 0.15) is 10.6 Å². The normalized spacial score (nSPS) is 10.8. The number of carbonyl (C=O) groups is 2. The van der Waals surface area contributed by atoms with Crippen molar-refractivity contribution in [2.24, 2.45) is 0 Å². The third kappa shape index (κ3) is 3.73. The zero-order valence-corrected chi connectivity index (χ0v) is 16.3. The van der Waals surface area contributed by atoms with E-state index >= 15 is 0 Å². The highest BCUT2D eigenvalue weighted by molar-refractivity contribution is 7.20. The van der Waals surface area contributed by atoms with Crippen LogP contribution in [-0.4, -0.2) is 34.1 Å². The number of rotatable bonds is 6. The number of amides is 2. The fraction of sp³-hybridized carbons (Fsp3) is 0.111. The molecule has 0 radical (unpaired) electrons. The van der Waals surface area contributed by atoms with Crippen molar-refractivity contribution in [1.29, 1.82) is 0 Å². The van der Waals surface area contributed by atoms with Crippen LogP contribution >= 0.6 is 22.7 Å². The van der Waals surface area contributed by atoms with Crippen molar-refractivity contribution in [3.05, 3.63) is 57.4 Å². The van der Waals surface area contributed by atoms with E-state index in [0.29, 0.717) is 32.5 Å². The minimum Gasteiger partial charge on any atom is -0.497 e. The molecule has 4 aromatic rings. The molecule has 0 spiro atoms. The average Bonchev–Trinajstić information content (AvgIpc) is 3.45. The number of hydrogen-bond donors (Lipinski definition) is 3. The Morgan fingerprint density at radius 2 is 2.04 bits per heavy atom. The molecule has 0 saturated carbocycles. The van der Waals surface area contributed by atoms with Crippen LogP contribution in [0.1, 0.15) is 25.0 Å². The van der Waals surface area contributed by atoms with Crippen LogP contribution in [0.3, 0.4) is 0 Å². The number of aromatic nitrogens is 3. The van der Waals surface area contributed by atoms with E-state index in [1.165, 1.54) is 22.7 Å². The van der Waals surface area contributed by atoms with Crippen LogP contribution in [0.15, 0.2) is 41.9 Å². The summed E-state index contributed by atoms with van der Waals surface area (Å²) in [7, 11) is 1.61. The fourth-order valence-corrected chi connectivity index (χ4v) is 3.98. The van der Waals surface area contributed by atoms with Crippen LogP contribution in [0, 0.1) is 0 Å². The molecule has 0 atom stereocenters. The number of fused-ring (bicyclic) bond motifs is 1. The zero-order chi connectivity index (χ0) is 19.5. The lowest BCUT2D eigenvalue weighted by molar-refractivity contribution is 0.0954. The Hall–Kier alpha value is -3.24. The van der Waals surface area contributed by atoms with Crippen molar-refractivity contribution in [2.75, 3.05) is 12.4 Å². The van der Waals surface area contributed by atoms with Crippen LogP contribution in [0.5, 0.6) is 5.75 Å². The highest BCUT2D eigenvalue weighted by atomic mass is 32.1. The Bertz CT molecular complexity index is 1120. The summed E-state index contributed by atoms with van der Waals surface area (Å²) in [5.74, 6) is 0.617. The summed E-state index contributed by atoms with van der Waals surface area (Å²) >= 11 is 2.52. The third-order valence-corrected chi connectivity index (χ3v) is 5.76. The molecule has 0 fully saturated rings. The van der Waals surface area contributed by atoms with E-state index in [2.05, 4.69) is 25.8 Å². The van der Waals surface area contributed by atoms with Gasteiger partial charge in [0.15, 0.2) is 10.8 Å². The monoisotopic (exact) mass is 413 g/mol. The van der Waals surface area contributed by atoms with Crippen molar-refractivity contribution < 1.29 is 14.3 Å². The van der Waals surface area contributed by atoms with Gasteiger partial charge in [0.05, 0.1) is 17.4 Å². The van der Waals surface area contributed by atoms with E-state index in [-0.39, 0.29) is 11.8 Å². The number of ether oxygens (including phenoxy) is 1. The number of thiazole rings is 1. The van der Waals surface area contributed by atoms with Crippen molar-refractivity contribution in [1.82, 2.24) is 20.5 Å². The van der Waals surface area contributed by atoms with Crippen LogP contribution in [0.25, 0.3) is 10.2 Å². The van der Waals surface area contributed by atoms with Gasteiger partial charge >= 0.3 is 0 Å². The van der Waals surface area contributed by atoms with Crippen molar-refractivity contribution in [3.8, 4) is 5.75 Å². The number of thiophene rings is 1. The smallest absolute Gasteiger partial charge is 0.285 e. The third-order valence-electron chi connectivity index (χ3n) is 3.95. The second kappa shape index (κ2) is 7.79. The van der Waals surface area contributed by atoms with E-state index in [4.69, 9.17) is 4.74 Å². The Morgan fingerprint density at radius 3 is 2.75 bits per heavy atom. The standard InChI is InChI=1S/C18H15N5O3S2/c1-26-11-4-2-10(3-5-11)9-20-15(24)13-8-12-14(22-23-17(12)28-13)21-16(25)18-19-6-7-27-18/h2-8H,9H2,1H3,(H,20,24)(H2,21,22,23,25). The number of nitrogens with one attached hydrogen (secondary N) is 3. The second-order valence-corrected chi connectivity index (χ2v) is 7.69. The molecule has 1 aromatic carbocycles. The first kappa shape index (κ1) is 18.1. The maximum absolute atomic E-state index is 12.5. The Labute approximate surface area is 167 Å². The van der Waals surface area contributed by atoms with E-state index in [9.17, 15) is 9.59 Å². The minimum absolute atomic E-state index is 0.192. The number of methoxy groups -OCH3 is 1. The van der Waals surface area contributed by atoms with Crippen molar-refractivity contribution in [2.45, 2.75) is 6.54 Å². The Kier molecular flexibility index (Phi) is 5.04. The largest absolute Gasteiger partial charge is 0.497 e. The molecule has 0 bridgehead atoms. The second-order valence-electron chi connectivity index (χ2n) is 5.75. The van der Waals surface area contributed by atoms with Crippen LogP contribution in [0.4, 0.5) is 5.82 Å². The summed E-state index contributed by atoms with van der Waals surface area (Å²) in [5, 5.41) is 15.3. The van der Waals surface area contributed by atoms with Crippen LogP contribution in [-0.2, 0) is 6.54 Å². The summed E-state index contributed by atoms with van der Waals surface area (Å²) in [5.41, 5.74) is 0.967. The van der Waals surface area contributed by atoms with E-state index in [1.807, 2.05) is 24.3 Å². The maximum atomic E-state index is 12.5. The van der Waals surface area contributed by atoms with Crippen molar-refractivity contribution in [3.63, 3.8) is 0 Å². The quantitative estimate of drug-likeness (QED) is 0.449. The van der Waals surface area contributed by atoms with Gasteiger partial charge in [-0.2, -0.15) is 5.10 Å². The number of H-pyrrole nitrogens is 1. The molecular formula is C18H15N5O3S2. The molecule has 2 amide bonds. The lowest BCUT2D eigenvalue weighted by Crippen LogP contribution is -2.21. The van der Waals surface area contributed by atoms with Gasteiger partial charge in [-0.05, 0) is 23.8 Å². The molecule has 4 rings (SSSR count). The molecule has 0 unspecified atom stereocenters.